The highest BCUT2D eigenvalue weighted by Gasteiger charge is 2.22. The Hall–Kier alpha value is -2.63. The van der Waals surface area contributed by atoms with Crippen LogP contribution in [0.4, 0.5) is 17.5 Å². The van der Waals surface area contributed by atoms with Crippen molar-refractivity contribution in [3.8, 4) is 0 Å². The molecule has 1 saturated heterocycles. The fourth-order valence-electron chi connectivity index (χ4n) is 3.07. The summed E-state index contributed by atoms with van der Waals surface area (Å²) in [7, 11) is 0. The van der Waals surface area contributed by atoms with Crippen molar-refractivity contribution in [1.82, 2.24) is 14.9 Å². The molecule has 1 aliphatic heterocycles. The van der Waals surface area contributed by atoms with E-state index in [0.717, 1.165) is 55.7 Å². The minimum atomic E-state index is 0.249. The zero-order valence-electron chi connectivity index (χ0n) is 15.8. The first-order valence-corrected chi connectivity index (χ1v) is 9.27. The molecule has 1 amide bonds. The molecule has 1 aromatic carbocycles. The molecule has 0 bridgehead atoms. The first-order valence-electron chi connectivity index (χ1n) is 9.27. The van der Waals surface area contributed by atoms with E-state index in [0.29, 0.717) is 6.42 Å². The Labute approximate surface area is 155 Å². The number of amides is 1. The van der Waals surface area contributed by atoms with Gasteiger partial charge in [0.05, 0.1) is 0 Å². The molecule has 1 aliphatic rings. The van der Waals surface area contributed by atoms with E-state index in [1.807, 2.05) is 36.9 Å². The largest absolute Gasteiger partial charge is 0.340 e. The first kappa shape index (κ1) is 18.2. The van der Waals surface area contributed by atoms with Crippen molar-refractivity contribution < 1.29 is 4.79 Å². The van der Waals surface area contributed by atoms with E-state index in [4.69, 9.17) is 0 Å². The highest BCUT2D eigenvalue weighted by Crippen LogP contribution is 2.20. The van der Waals surface area contributed by atoms with Crippen LogP contribution in [-0.2, 0) is 4.79 Å². The van der Waals surface area contributed by atoms with E-state index in [9.17, 15) is 4.79 Å². The number of rotatable bonds is 5. The topological polar surface area (TPSA) is 61.4 Å². The van der Waals surface area contributed by atoms with E-state index in [1.54, 1.807) is 0 Å². The molecule has 2 aromatic rings. The number of carbonyl (C=O) groups excluding carboxylic acids is 1. The monoisotopic (exact) mass is 353 g/mol. The molecule has 0 atom stereocenters. The van der Waals surface area contributed by atoms with Crippen LogP contribution < -0.4 is 10.2 Å². The highest BCUT2D eigenvalue weighted by atomic mass is 16.2. The summed E-state index contributed by atoms with van der Waals surface area (Å²) in [6.45, 7) is 9.09. The minimum Gasteiger partial charge on any atom is -0.340 e. The van der Waals surface area contributed by atoms with E-state index in [1.165, 1.54) is 5.56 Å². The number of piperazine rings is 1. The molecule has 138 valence electrons. The van der Waals surface area contributed by atoms with E-state index < -0.39 is 0 Å². The SMILES string of the molecule is CCCC(=O)N1CCN(c2nc(C)cc(Nc3ccc(C)cc3)n2)CC1. The normalized spacial score (nSPS) is 14.4. The summed E-state index contributed by atoms with van der Waals surface area (Å²) < 4.78 is 0. The summed E-state index contributed by atoms with van der Waals surface area (Å²) in [4.78, 5) is 25.4. The second-order valence-electron chi connectivity index (χ2n) is 6.80. The third kappa shape index (κ3) is 4.50. The Morgan fingerprint density at radius 1 is 1.08 bits per heavy atom. The fourth-order valence-corrected chi connectivity index (χ4v) is 3.07. The minimum absolute atomic E-state index is 0.249. The van der Waals surface area contributed by atoms with Gasteiger partial charge in [-0.15, -0.1) is 0 Å². The van der Waals surface area contributed by atoms with E-state index in [-0.39, 0.29) is 5.91 Å². The fraction of sp³-hybridized carbons (Fsp3) is 0.450. The van der Waals surface area contributed by atoms with Gasteiger partial charge < -0.3 is 15.1 Å². The predicted molar refractivity (Wildman–Crippen MR) is 105 cm³/mol. The zero-order valence-corrected chi connectivity index (χ0v) is 15.8. The van der Waals surface area contributed by atoms with Gasteiger partial charge in [-0.1, -0.05) is 24.6 Å². The average molecular weight is 353 g/mol. The number of aryl methyl sites for hydroxylation is 2. The van der Waals surface area contributed by atoms with Gasteiger partial charge in [0.2, 0.25) is 11.9 Å². The lowest BCUT2D eigenvalue weighted by atomic mass is 10.2. The summed E-state index contributed by atoms with van der Waals surface area (Å²) in [5.41, 5.74) is 3.16. The quantitative estimate of drug-likeness (QED) is 0.894. The Morgan fingerprint density at radius 2 is 1.77 bits per heavy atom. The van der Waals surface area contributed by atoms with Crippen molar-refractivity contribution in [1.29, 1.82) is 0 Å². The molecule has 0 spiro atoms. The summed E-state index contributed by atoms with van der Waals surface area (Å²) in [5.74, 6) is 1.77. The molecule has 2 heterocycles. The lowest BCUT2D eigenvalue weighted by molar-refractivity contribution is -0.131. The molecule has 1 N–H and O–H groups in total. The lowest BCUT2D eigenvalue weighted by Crippen LogP contribution is -2.49. The first-order chi connectivity index (χ1) is 12.5. The van der Waals surface area contributed by atoms with Gasteiger partial charge in [0, 0.05) is 50.0 Å². The number of anilines is 3. The van der Waals surface area contributed by atoms with E-state index >= 15 is 0 Å². The number of aromatic nitrogens is 2. The Balaban J connectivity index is 1.68. The molecule has 6 heteroatoms. The number of hydrogen-bond donors (Lipinski definition) is 1. The van der Waals surface area contributed by atoms with E-state index in [2.05, 4.69) is 39.2 Å². The van der Waals surface area contributed by atoms with Gasteiger partial charge in [-0.05, 0) is 32.4 Å². The van der Waals surface area contributed by atoms with Crippen LogP contribution in [0, 0.1) is 13.8 Å². The number of nitrogens with zero attached hydrogens (tertiary/aromatic N) is 4. The average Bonchev–Trinajstić information content (AvgIpc) is 2.63. The van der Waals surface area contributed by atoms with Gasteiger partial charge in [-0.3, -0.25) is 4.79 Å². The van der Waals surface area contributed by atoms with Crippen molar-refractivity contribution in [3.63, 3.8) is 0 Å². The van der Waals surface area contributed by atoms with Crippen molar-refractivity contribution in [2.45, 2.75) is 33.6 Å². The number of hydrogen-bond acceptors (Lipinski definition) is 5. The maximum absolute atomic E-state index is 12.0. The molecule has 1 aromatic heterocycles. The molecule has 0 unspecified atom stereocenters. The van der Waals surface area contributed by atoms with Crippen LogP contribution in [0.5, 0.6) is 0 Å². The smallest absolute Gasteiger partial charge is 0.227 e. The third-order valence-corrected chi connectivity index (χ3v) is 4.55. The Kier molecular flexibility index (Phi) is 5.71. The molecular formula is C20H27N5O. The maximum Gasteiger partial charge on any atom is 0.227 e. The molecular weight excluding hydrogens is 326 g/mol. The third-order valence-electron chi connectivity index (χ3n) is 4.55. The van der Waals surface area contributed by atoms with Crippen molar-refractivity contribution in [2.75, 3.05) is 36.4 Å². The molecule has 0 saturated carbocycles. The second-order valence-corrected chi connectivity index (χ2v) is 6.80. The molecule has 3 rings (SSSR count). The van der Waals surface area contributed by atoms with Crippen LogP contribution in [0.15, 0.2) is 30.3 Å². The molecule has 0 aliphatic carbocycles. The van der Waals surface area contributed by atoms with Crippen LogP contribution in [0.1, 0.15) is 31.0 Å². The Bertz CT molecular complexity index is 751. The van der Waals surface area contributed by atoms with Crippen molar-refractivity contribution >= 4 is 23.4 Å². The summed E-state index contributed by atoms with van der Waals surface area (Å²) in [6.07, 6.45) is 1.53. The number of carbonyl (C=O) groups is 1. The van der Waals surface area contributed by atoms with Crippen LogP contribution in [0.2, 0.25) is 0 Å². The molecule has 0 radical (unpaired) electrons. The summed E-state index contributed by atoms with van der Waals surface area (Å²) in [5, 5.41) is 3.35. The van der Waals surface area contributed by atoms with Gasteiger partial charge in [0.15, 0.2) is 0 Å². The van der Waals surface area contributed by atoms with Crippen LogP contribution >= 0.6 is 0 Å². The standard InChI is InChI=1S/C20H27N5O/c1-4-5-19(26)24-10-12-25(13-11-24)20-21-16(3)14-18(23-20)22-17-8-6-15(2)7-9-17/h6-9,14H,4-5,10-13H2,1-3H3,(H,21,22,23). The Morgan fingerprint density at radius 3 is 2.42 bits per heavy atom. The predicted octanol–water partition coefficient (Wildman–Crippen LogP) is 3.29. The van der Waals surface area contributed by atoms with Gasteiger partial charge in [0.25, 0.3) is 0 Å². The van der Waals surface area contributed by atoms with Gasteiger partial charge in [0.1, 0.15) is 5.82 Å². The molecule has 26 heavy (non-hydrogen) atoms. The number of nitrogens with one attached hydrogen (secondary N) is 1. The van der Waals surface area contributed by atoms with Gasteiger partial charge in [-0.25, -0.2) is 4.98 Å². The zero-order chi connectivity index (χ0) is 18.5. The second kappa shape index (κ2) is 8.17. The van der Waals surface area contributed by atoms with Crippen molar-refractivity contribution in [3.05, 3.63) is 41.6 Å². The van der Waals surface area contributed by atoms with Gasteiger partial charge >= 0.3 is 0 Å². The van der Waals surface area contributed by atoms with Crippen molar-refractivity contribution in [2.24, 2.45) is 0 Å². The van der Waals surface area contributed by atoms with Crippen LogP contribution in [0.3, 0.4) is 0 Å². The summed E-state index contributed by atoms with van der Waals surface area (Å²) in [6, 6.07) is 10.2. The summed E-state index contributed by atoms with van der Waals surface area (Å²) >= 11 is 0. The van der Waals surface area contributed by atoms with Crippen LogP contribution in [0.25, 0.3) is 0 Å². The van der Waals surface area contributed by atoms with Crippen LogP contribution in [-0.4, -0.2) is 47.0 Å². The highest BCUT2D eigenvalue weighted by molar-refractivity contribution is 5.76. The molecule has 1 fully saturated rings. The van der Waals surface area contributed by atoms with Gasteiger partial charge in [-0.2, -0.15) is 4.98 Å². The maximum atomic E-state index is 12.0. The lowest BCUT2D eigenvalue weighted by Gasteiger charge is -2.35. The number of benzene rings is 1. The molecule has 6 nitrogen and oxygen atoms in total.